The van der Waals surface area contributed by atoms with Crippen molar-refractivity contribution in [2.75, 3.05) is 69.4 Å². The van der Waals surface area contributed by atoms with Gasteiger partial charge in [0, 0.05) is 38.9 Å². The van der Waals surface area contributed by atoms with Crippen molar-refractivity contribution in [1.82, 2.24) is 9.88 Å². The van der Waals surface area contributed by atoms with E-state index in [2.05, 4.69) is 10.2 Å². The van der Waals surface area contributed by atoms with Crippen LogP contribution in [0.5, 0.6) is 5.88 Å². The van der Waals surface area contributed by atoms with Gasteiger partial charge < -0.3 is 34.1 Å². The maximum absolute atomic E-state index is 15.1. The van der Waals surface area contributed by atoms with Crippen LogP contribution in [0.1, 0.15) is 37.7 Å². The molecule has 0 radical (unpaired) electrons. The molecule has 1 aromatic heterocycles. The van der Waals surface area contributed by atoms with Crippen molar-refractivity contribution < 1.29 is 41.3 Å². The number of alkyl halides is 3. The van der Waals surface area contributed by atoms with Gasteiger partial charge in [0.15, 0.2) is 6.29 Å². The van der Waals surface area contributed by atoms with Crippen LogP contribution in [0.15, 0.2) is 24.3 Å². The summed E-state index contributed by atoms with van der Waals surface area (Å²) in [4.78, 5) is 20.8. The lowest BCUT2D eigenvalue weighted by Gasteiger charge is -2.33. The number of carbonyl (C=O) groups excluding carboxylic acids is 1. The van der Waals surface area contributed by atoms with Crippen LogP contribution in [-0.2, 0) is 14.2 Å². The van der Waals surface area contributed by atoms with Crippen molar-refractivity contribution >= 4 is 17.5 Å². The molecular weight excluding hydrogens is 572 g/mol. The Bertz CT molecular complexity index is 1250. The molecule has 43 heavy (non-hydrogen) atoms. The van der Waals surface area contributed by atoms with Crippen LogP contribution < -0.4 is 15.0 Å². The Hall–Kier alpha value is -3.16. The molecule has 0 spiro atoms. The average Bonchev–Trinajstić information content (AvgIpc) is 3.01. The number of pyridine rings is 1. The van der Waals surface area contributed by atoms with Crippen molar-refractivity contribution in [3.63, 3.8) is 0 Å². The average molecular weight is 611 g/mol. The van der Waals surface area contributed by atoms with E-state index in [9.17, 15) is 18.0 Å². The second kappa shape index (κ2) is 14.1. The number of urea groups is 1. The largest absolute Gasteiger partial charge is 0.475 e. The SMILES string of the molecule is Cc1cc(F)c(NC(=O)N2CCCC(C(F)(F)F)C2)cc1-c1cc(OCCOC2CCCCO2)nc(N2CCOCC2)c1. The van der Waals surface area contributed by atoms with Crippen LogP contribution >= 0.6 is 0 Å². The Balaban J connectivity index is 1.35. The third-order valence-electron chi connectivity index (χ3n) is 7.94. The number of anilines is 2. The number of aryl methyl sites for hydroxylation is 1. The summed E-state index contributed by atoms with van der Waals surface area (Å²) >= 11 is 0. The van der Waals surface area contributed by atoms with Crippen molar-refractivity contribution in [2.45, 2.75) is 51.5 Å². The van der Waals surface area contributed by atoms with Crippen molar-refractivity contribution in [2.24, 2.45) is 5.92 Å². The topological polar surface area (TPSA) is 85.4 Å². The minimum absolute atomic E-state index is 0.0330. The molecule has 0 aliphatic carbocycles. The molecule has 1 N–H and O–H groups in total. The summed E-state index contributed by atoms with van der Waals surface area (Å²) in [5.74, 6) is -1.26. The van der Waals surface area contributed by atoms with Crippen LogP contribution in [0.4, 0.5) is 33.9 Å². The minimum Gasteiger partial charge on any atom is -0.475 e. The number of nitrogens with zero attached hydrogens (tertiary/aromatic N) is 3. The van der Waals surface area contributed by atoms with E-state index >= 15 is 4.39 Å². The normalized spacial score (nSPS) is 21.5. The maximum Gasteiger partial charge on any atom is 0.393 e. The lowest BCUT2D eigenvalue weighted by atomic mass is 9.98. The number of amides is 2. The van der Waals surface area contributed by atoms with Crippen LogP contribution in [0.3, 0.4) is 0 Å². The van der Waals surface area contributed by atoms with Gasteiger partial charge in [0.05, 0.1) is 31.4 Å². The van der Waals surface area contributed by atoms with Gasteiger partial charge in [-0.1, -0.05) is 0 Å². The quantitative estimate of drug-likeness (QED) is 0.301. The highest BCUT2D eigenvalue weighted by Gasteiger charge is 2.42. The fraction of sp³-hybridized carbons (Fsp3) is 0.600. The van der Waals surface area contributed by atoms with E-state index in [0.29, 0.717) is 67.9 Å². The van der Waals surface area contributed by atoms with Gasteiger partial charge in [0.2, 0.25) is 5.88 Å². The molecule has 3 fully saturated rings. The molecule has 2 unspecified atom stereocenters. The second-order valence-electron chi connectivity index (χ2n) is 11.1. The van der Waals surface area contributed by atoms with E-state index in [1.807, 2.05) is 6.07 Å². The Labute approximate surface area is 248 Å². The third-order valence-corrected chi connectivity index (χ3v) is 7.94. The van der Waals surface area contributed by atoms with Gasteiger partial charge in [0.1, 0.15) is 18.2 Å². The number of rotatable bonds is 8. The summed E-state index contributed by atoms with van der Waals surface area (Å²) in [5, 5.41) is 2.50. The number of benzene rings is 1. The van der Waals surface area contributed by atoms with Crippen molar-refractivity contribution in [3.05, 3.63) is 35.6 Å². The number of likely N-dealkylation sites (tertiary alicyclic amines) is 1. The van der Waals surface area contributed by atoms with Gasteiger partial charge in [-0.3, -0.25) is 0 Å². The molecule has 5 rings (SSSR count). The van der Waals surface area contributed by atoms with E-state index < -0.39 is 30.5 Å². The molecule has 2 aromatic rings. The van der Waals surface area contributed by atoms with Crippen LogP contribution in [0.2, 0.25) is 0 Å². The molecule has 2 amide bonds. The lowest BCUT2D eigenvalue weighted by molar-refractivity contribution is -0.183. The fourth-order valence-electron chi connectivity index (χ4n) is 5.55. The van der Waals surface area contributed by atoms with Gasteiger partial charge in [-0.05, 0) is 73.9 Å². The van der Waals surface area contributed by atoms with E-state index in [0.717, 1.165) is 24.2 Å². The smallest absolute Gasteiger partial charge is 0.393 e. The highest BCUT2D eigenvalue weighted by molar-refractivity contribution is 5.91. The summed E-state index contributed by atoms with van der Waals surface area (Å²) in [5.41, 5.74) is 1.80. The molecule has 1 aromatic carbocycles. The van der Waals surface area contributed by atoms with Crippen LogP contribution in [0.25, 0.3) is 11.1 Å². The van der Waals surface area contributed by atoms with E-state index in [1.54, 1.807) is 13.0 Å². The van der Waals surface area contributed by atoms with Crippen LogP contribution in [-0.4, -0.2) is 87.6 Å². The number of hydrogen-bond acceptors (Lipinski definition) is 7. The maximum atomic E-state index is 15.1. The number of aromatic nitrogens is 1. The molecule has 2 atom stereocenters. The van der Waals surface area contributed by atoms with E-state index in [1.165, 1.54) is 12.1 Å². The molecule has 0 bridgehead atoms. The molecule has 9 nitrogen and oxygen atoms in total. The molecule has 4 heterocycles. The molecular formula is C30H38F4N4O5. The number of morpholine rings is 1. The summed E-state index contributed by atoms with van der Waals surface area (Å²) in [6.07, 6.45) is -1.50. The zero-order chi connectivity index (χ0) is 30.4. The fourth-order valence-corrected chi connectivity index (χ4v) is 5.55. The number of halogens is 4. The monoisotopic (exact) mass is 610 g/mol. The molecule has 3 aliphatic heterocycles. The Morgan fingerprint density at radius 2 is 1.86 bits per heavy atom. The zero-order valence-corrected chi connectivity index (χ0v) is 24.3. The standard InChI is InChI=1S/C30H38F4N4O5/c1-20-15-24(31)25(35-29(39)38-7-4-5-22(19-38)30(32,33)34)18-23(20)21-16-26(37-8-11-40-12-9-37)36-27(17-21)41-13-14-43-28-6-2-3-10-42-28/h15-18,22,28H,2-14,19H2,1H3,(H,35,39). The Kier molecular flexibility index (Phi) is 10.2. The first-order valence-corrected chi connectivity index (χ1v) is 14.8. The first-order chi connectivity index (χ1) is 20.7. The summed E-state index contributed by atoms with van der Waals surface area (Å²) in [7, 11) is 0. The lowest BCUT2D eigenvalue weighted by Crippen LogP contribution is -2.46. The Morgan fingerprint density at radius 3 is 2.60 bits per heavy atom. The highest BCUT2D eigenvalue weighted by atomic mass is 19.4. The zero-order valence-electron chi connectivity index (χ0n) is 24.3. The van der Waals surface area contributed by atoms with Gasteiger partial charge in [-0.15, -0.1) is 0 Å². The van der Waals surface area contributed by atoms with Crippen molar-refractivity contribution in [1.29, 1.82) is 0 Å². The van der Waals surface area contributed by atoms with Gasteiger partial charge in [-0.25, -0.2) is 9.18 Å². The number of carbonyl (C=O) groups is 1. The number of nitrogens with one attached hydrogen (secondary N) is 1. The van der Waals surface area contributed by atoms with Crippen molar-refractivity contribution in [3.8, 4) is 17.0 Å². The second-order valence-corrected chi connectivity index (χ2v) is 11.1. The molecule has 3 saturated heterocycles. The predicted molar refractivity (Wildman–Crippen MR) is 152 cm³/mol. The highest BCUT2D eigenvalue weighted by Crippen LogP contribution is 2.35. The number of piperidine rings is 1. The first-order valence-electron chi connectivity index (χ1n) is 14.8. The summed E-state index contributed by atoms with van der Waals surface area (Å²) in [6, 6.07) is 5.64. The van der Waals surface area contributed by atoms with E-state index in [-0.39, 0.29) is 38.0 Å². The molecule has 0 saturated carbocycles. The molecule has 3 aliphatic rings. The first kappa shape index (κ1) is 31.3. The van der Waals surface area contributed by atoms with E-state index in [4.69, 9.17) is 23.9 Å². The third kappa shape index (κ3) is 8.27. The van der Waals surface area contributed by atoms with Crippen LogP contribution in [0, 0.1) is 18.7 Å². The molecule has 13 heteroatoms. The minimum atomic E-state index is -4.39. The Morgan fingerprint density at radius 1 is 1.05 bits per heavy atom. The van der Waals surface area contributed by atoms with Gasteiger partial charge in [-0.2, -0.15) is 18.2 Å². The summed E-state index contributed by atoms with van der Waals surface area (Å²) < 4.78 is 77.7. The number of ether oxygens (including phenoxy) is 4. The number of hydrogen-bond donors (Lipinski definition) is 1. The predicted octanol–water partition coefficient (Wildman–Crippen LogP) is 5.76. The summed E-state index contributed by atoms with van der Waals surface area (Å²) in [6.45, 7) is 5.08. The van der Waals surface area contributed by atoms with Gasteiger partial charge in [0.25, 0.3) is 0 Å². The van der Waals surface area contributed by atoms with Gasteiger partial charge >= 0.3 is 12.2 Å². The molecule has 236 valence electrons.